The molecule has 5 rings (SSSR count). The molecular weight excluding hydrogens is 383 g/mol. The quantitative estimate of drug-likeness (QED) is 0.543. The topological polar surface area (TPSA) is 61.2 Å². The zero-order valence-corrected chi connectivity index (χ0v) is 16.8. The van der Waals surface area contributed by atoms with Gasteiger partial charge in [-0.3, -0.25) is 4.68 Å². The summed E-state index contributed by atoms with van der Waals surface area (Å²) in [7, 11) is 1.93. The zero-order chi connectivity index (χ0) is 20.7. The van der Waals surface area contributed by atoms with Crippen molar-refractivity contribution in [2.75, 3.05) is 6.79 Å². The summed E-state index contributed by atoms with van der Waals surface area (Å²) in [4.78, 5) is 4.89. The molecule has 0 unspecified atom stereocenters. The van der Waals surface area contributed by atoms with Gasteiger partial charge in [0.15, 0.2) is 11.5 Å². The van der Waals surface area contributed by atoms with E-state index in [9.17, 15) is 4.39 Å². The van der Waals surface area contributed by atoms with E-state index in [0.29, 0.717) is 18.8 Å². The van der Waals surface area contributed by atoms with Crippen molar-refractivity contribution in [3.8, 4) is 22.8 Å². The smallest absolute Gasteiger partial charge is 0.231 e. The van der Waals surface area contributed by atoms with Gasteiger partial charge >= 0.3 is 0 Å². The molecule has 1 aliphatic rings. The van der Waals surface area contributed by atoms with Gasteiger partial charge in [0.25, 0.3) is 0 Å². The minimum atomic E-state index is -0.269. The molecule has 0 atom stereocenters. The molecule has 1 aliphatic heterocycles. The van der Waals surface area contributed by atoms with Gasteiger partial charge in [-0.25, -0.2) is 9.37 Å². The van der Waals surface area contributed by atoms with E-state index < -0.39 is 0 Å². The van der Waals surface area contributed by atoms with Gasteiger partial charge in [0, 0.05) is 48.4 Å². The number of pyridine rings is 1. The summed E-state index contributed by atoms with van der Waals surface area (Å²) in [5, 5.41) is 8.75. The summed E-state index contributed by atoms with van der Waals surface area (Å²) in [6.45, 7) is 3.57. The number of hydrogen-bond donors (Lipinski definition) is 1. The summed E-state index contributed by atoms with van der Waals surface area (Å²) in [5.41, 5.74) is 5.80. The third kappa shape index (κ3) is 3.37. The van der Waals surface area contributed by atoms with E-state index in [1.807, 2.05) is 37.0 Å². The molecule has 0 saturated heterocycles. The molecule has 0 aliphatic carbocycles. The van der Waals surface area contributed by atoms with Crippen LogP contribution in [0.1, 0.15) is 16.8 Å². The number of aromatic nitrogens is 3. The van der Waals surface area contributed by atoms with Gasteiger partial charge in [-0.05, 0) is 48.9 Å². The Morgan fingerprint density at radius 1 is 1.03 bits per heavy atom. The molecule has 0 bridgehead atoms. The Bertz CT molecular complexity index is 1230. The highest BCUT2D eigenvalue weighted by Gasteiger charge is 2.17. The van der Waals surface area contributed by atoms with E-state index in [1.54, 1.807) is 12.1 Å². The number of nitrogens with zero attached hydrogens (tertiary/aromatic N) is 3. The van der Waals surface area contributed by atoms with Gasteiger partial charge < -0.3 is 14.8 Å². The maximum Gasteiger partial charge on any atom is 0.231 e. The number of rotatable bonds is 5. The third-order valence-electron chi connectivity index (χ3n) is 5.47. The number of ether oxygens (including phenoxy) is 2. The molecule has 0 saturated carbocycles. The van der Waals surface area contributed by atoms with Crippen molar-refractivity contribution in [2.45, 2.75) is 20.0 Å². The number of nitrogens with one attached hydrogen (secondary N) is 1. The average Bonchev–Trinajstić information content (AvgIpc) is 3.33. The van der Waals surface area contributed by atoms with E-state index in [-0.39, 0.29) is 12.6 Å². The van der Waals surface area contributed by atoms with Crippen LogP contribution in [0.4, 0.5) is 4.39 Å². The lowest BCUT2D eigenvalue weighted by Crippen LogP contribution is -2.14. The number of benzene rings is 2. The first kappa shape index (κ1) is 18.6. The van der Waals surface area contributed by atoms with Crippen molar-refractivity contribution in [3.05, 3.63) is 71.3 Å². The van der Waals surface area contributed by atoms with Crippen LogP contribution in [-0.2, 0) is 20.1 Å². The van der Waals surface area contributed by atoms with Crippen molar-refractivity contribution < 1.29 is 13.9 Å². The lowest BCUT2D eigenvalue weighted by atomic mass is 10.0. The summed E-state index contributed by atoms with van der Waals surface area (Å²) >= 11 is 0. The Labute approximate surface area is 173 Å². The third-order valence-corrected chi connectivity index (χ3v) is 5.47. The fraction of sp³-hybridized carbons (Fsp3) is 0.217. The molecule has 6 nitrogen and oxygen atoms in total. The Balaban J connectivity index is 1.51. The standard InChI is InChI=1S/C23H21FN4O2/c1-14-18(12-26-28(14)2)11-25-10-17-7-16-8-21-22(30-13-29-21)9-20(16)27-23(17)15-3-5-19(24)6-4-15/h3-9,12,25H,10-11,13H2,1-2H3. The largest absolute Gasteiger partial charge is 0.454 e. The summed E-state index contributed by atoms with van der Waals surface area (Å²) in [6.07, 6.45) is 1.88. The summed E-state index contributed by atoms with van der Waals surface area (Å²) in [5.74, 6) is 1.15. The van der Waals surface area contributed by atoms with E-state index >= 15 is 0 Å². The number of fused-ring (bicyclic) bond motifs is 2. The van der Waals surface area contributed by atoms with E-state index in [1.165, 1.54) is 12.1 Å². The molecule has 0 spiro atoms. The first-order valence-corrected chi connectivity index (χ1v) is 9.76. The minimum absolute atomic E-state index is 0.218. The molecule has 4 aromatic rings. The van der Waals surface area contributed by atoms with Crippen LogP contribution in [0.3, 0.4) is 0 Å². The van der Waals surface area contributed by atoms with Gasteiger partial charge in [-0.2, -0.15) is 5.10 Å². The SMILES string of the molecule is Cc1c(CNCc2cc3cc4c(cc3nc2-c2ccc(F)cc2)OCO4)cnn1C. The maximum absolute atomic E-state index is 13.5. The number of hydrogen-bond acceptors (Lipinski definition) is 5. The van der Waals surface area contributed by atoms with Crippen LogP contribution in [0.25, 0.3) is 22.2 Å². The highest BCUT2D eigenvalue weighted by molar-refractivity contribution is 5.86. The minimum Gasteiger partial charge on any atom is -0.454 e. The van der Waals surface area contributed by atoms with Crippen LogP contribution in [0, 0.1) is 12.7 Å². The summed E-state index contributed by atoms with van der Waals surface area (Å²) < 4.78 is 26.3. The van der Waals surface area contributed by atoms with Gasteiger partial charge in [0.05, 0.1) is 17.4 Å². The van der Waals surface area contributed by atoms with E-state index in [2.05, 4.69) is 16.5 Å². The Morgan fingerprint density at radius 3 is 2.50 bits per heavy atom. The fourth-order valence-electron chi connectivity index (χ4n) is 3.65. The molecule has 0 fully saturated rings. The first-order chi connectivity index (χ1) is 14.6. The summed E-state index contributed by atoms with van der Waals surface area (Å²) in [6, 6.07) is 12.4. The Hall–Kier alpha value is -3.45. The predicted molar refractivity (Wildman–Crippen MR) is 112 cm³/mol. The molecule has 0 radical (unpaired) electrons. The van der Waals surface area contributed by atoms with Crippen LogP contribution in [0.5, 0.6) is 11.5 Å². The lowest BCUT2D eigenvalue weighted by molar-refractivity contribution is 0.174. The molecule has 1 N–H and O–H groups in total. The number of aryl methyl sites for hydroxylation is 1. The fourth-order valence-corrected chi connectivity index (χ4v) is 3.65. The monoisotopic (exact) mass is 404 g/mol. The number of halogens is 1. The first-order valence-electron chi connectivity index (χ1n) is 9.76. The van der Waals surface area contributed by atoms with Gasteiger partial charge in [-0.15, -0.1) is 0 Å². The van der Waals surface area contributed by atoms with Gasteiger partial charge in [-0.1, -0.05) is 0 Å². The van der Waals surface area contributed by atoms with Crippen LogP contribution in [0.2, 0.25) is 0 Å². The molecule has 2 aromatic carbocycles. The average molecular weight is 404 g/mol. The van der Waals surface area contributed by atoms with Crippen LogP contribution >= 0.6 is 0 Å². The van der Waals surface area contributed by atoms with Crippen LogP contribution < -0.4 is 14.8 Å². The van der Waals surface area contributed by atoms with Crippen LogP contribution in [-0.4, -0.2) is 21.6 Å². The van der Waals surface area contributed by atoms with Gasteiger partial charge in [0.2, 0.25) is 6.79 Å². The normalized spacial score (nSPS) is 12.6. The molecule has 152 valence electrons. The Kier molecular flexibility index (Phi) is 4.59. The zero-order valence-electron chi connectivity index (χ0n) is 16.8. The van der Waals surface area contributed by atoms with Crippen molar-refractivity contribution in [1.82, 2.24) is 20.1 Å². The van der Waals surface area contributed by atoms with Crippen molar-refractivity contribution in [2.24, 2.45) is 7.05 Å². The van der Waals surface area contributed by atoms with E-state index in [0.717, 1.165) is 44.7 Å². The van der Waals surface area contributed by atoms with Crippen LogP contribution in [0.15, 0.2) is 48.7 Å². The molecule has 30 heavy (non-hydrogen) atoms. The van der Waals surface area contributed by atoms with Gasteiger partial charge in [0.1, 0.15) is 5.82 Å². The highest BCUT2D eigenvalue weighted by atomic mass is 19.1. The van der Waals surface area contributed by atoms with Crippen molar-refractivity contribution in [3.63, 3.8) is 0 Å². The molecule has 0 amide bonds. The molecule has 3 heterocycles. The second kappa shape index (κ2) is 7.42. The molecule has 2 aromatic heterocycles. The second-order valence-corrected chi connectivity index (χ2v) is 7.38. The van der Waals surface area contributed by atoms with Crippen molar-refractivity contribution >= 4 is 10.9 Å². The molecular formula is C23H21FN4O2. The molecule has 7 heteroatoms. The maximum atomic E-state index is 13.5. The van der Waals surface area contributed by atoms with Crippen molar-refractivity contribution in [1.29, 1.82) is 0 Å². The Morgan fingerprint density at radius 2 is 1.77 bits per heavy atom. The lowest BCUT2D eigenvalue weighted by Gasteiger charge is -2.13. The second-order valence-electron chi connectivity index (χ2n) is 7.38. The predicted octanol–water partition coefficient (Wildman–Crippen LogP) is 4.10. The van der Waals surface area contributed by atoms with E-state index in [4.69, 9.17) is 14.5 Å². The highest BCUT2D eigenvalue weighted by Crippen LogP contribution is 2.37.